The first-order chi connectivity index (χ1) is 11.4. The van der Waals surface area contributed by atoms with Crippen molar-refractivity contribution < 1.29 is 28.3 Å². The van der Waals surface area contributed by atoms with E-state index in [9.17, 15) is 14.4 Å². The summed E-state index contributed by atoms with van der Waals surface area (Å²) in [6, 6.07) is 0. The Morgan fingerprint density at radius 2 is 1.80 bits per heavy atom. The van der Waals surface area contributed by atoms with Crippen LogP contribution in [-0.2, 0) is 28.3 Å². The van der Waals surface area contributed by atoms with Crippen LogP contribution in [0, 0.1) is 0 Å². The number of carbonyl (C=O) groups is 3. The molecule has 0 aromatic carbocycles. The van der Waals surface area contributed by atoms with E-state index in [1.165, 1.54) is 25.3 Å². The Labute approximate surface area is 148 Å². The predicted octanol–water partition coefficient (Wildman–Crippen LogP) is 1.40. The predicted molar refractivity (Wildman–Crippen MR) is 91.3 cm³/mol. The lowest BCUT2D eigenvalue weighted by atomic mass is 10.1. The maximum atomic E-state index is 12.5. The molecule has 2 rings (SSSR count). The molecule has 0 N–H and O–H groups in total. The molecule has 8 nitrogen and oxygen atoms in total. The van der Waals surface area contributed by atoms with Gasteiger partial charge >= 0.3 is 5.97 Å². The van der Waals surface area contributed by atoms with E-state index in [0.717, 1.165) is 5.01 Å². The molecule has 0 spiro atoms. The second kappa shape index (κ2) is 6.13. The third-order valence-corrected chi connectivity index (χ3v) is 9.41. The summed E-state index contributed by atoms with van der Waals surface area (Å²) in [5.74, 6) is -1.28. The van der Waals surface area contributed by atoms with Gasteiger partial charge in [0.15, 0.2) is 0 Å². The summed E-state index contributed by atoms with van der Waals surface area (Å²) < 4.78 is 16.5. The summed E-state index contributed by atoms with van der Waals surface area (Å²) in [4.78, 5) is 37.0. The van der Waals surface area contributed by atoms with Crippen LogP contribution in [0.15, 0.2) is 11.8 Å². The molecule has 1 fully saturated rings. The summed E-state index contributed by atoms with van der Waals surface area (Å²) in [6.07, 6.45) is 1.13. The van der Waals surface area contributed by atoms with Crippen molar-refractivity contribution in [1.29, 1.82) is 0 Å². The lowest BCUT2D eigenvalue weighted by Gasteiger charge is -2.46. The zero-order chi connectivity index (χ0) is 19.2. The summed E-state index contributed by atoms with van der Waals surface area (Å²) in [5, 5.41) is 2.15. The zero-order valence-corrected chi connectivity index (χ0v) is 16.8. The van der Waals surface area contributed by atoms with E-state index >= 15 is 0 Å². The highest BCUT2D eigenvalue weighted by Gasteiger charge is 2.58. The fourth-order valence-electron chi connectivity index (χ4n) is 2.60. The summed E-state index contributed by atoms with van der Waals surface area (Å²) in [7, 11) is 0.277. The van der Waals surface area contributed by atoms with Gasteiger partial charge in [-0.25, -0.2) is 14.8 Å². The van der Waals surface area contributed by atoms with Crippen LogP contribution in [0.3, 0.4) is 0 Å². The smallest absolute Gasteiger partial charge is 0.366 e. The van der Waals surface area contributed by atoms with Crippen LogP contribution in [0.5, 0.6) is 0 Å². The third kappa shape index (κ3) is 3.06. The number of carbonyl (C=O) groups excluding carboxylic acids is 3. The molecule has 2 amide bonds. The minimum Gasteiger partial charge on any atom is -0.545 e. The van der Waals surface area contributed by atoms with Crippen molar-refractivity contribution in [2.75, 3.05) is 20.8 Å². The first kappa shape index (κ1) is 19.5. The number of esters is 1. The molecule has 2 aliphatic rings. The highest BCUT2D eigenvalue weighted by Crippen LogP contribution is 2.40. The van der Waals surface area contributed by atoms with Crippen molar-refractivity contribution in [2.24, 2.45) is 0 Å². The molecular weight excluding hydrogens is 344 g/mol. The first-order valence-corrected chi connectivity index (χ1v) is 11.0. The quantitative estimate of drug-likeness (QED) is 0.422. The fourth-order valence-corrected chi connectivity index (χ4v) is 3.69. The van der Waals surface area contributed by atoms with Gasteiger partial charge in [0.2, 0.25) is 8.32 Å². The molecular formula is C16H26N2O6Si. The SMILES string of the molecule is COC(=O)C1(OC)C=C(O[Si](C)(C)C(C)(C)C)CN2C(=O)CC(=O)N21. The Morgan fingerprint density at radius 1 is 1.20 bits per heavy atom. The minimum atomic E-state index is -2.21. The number of hydrazine groups is 1. The number of amides is 2. The molecule has 9 heteroatoms. The lowest BCUT2D eigenvalue weighted by Crippen LogP contribution is -2.64. The molecule has 25 heavy (non-hydrogen) atoms. The van der Waals surface area contributed by atoms with Crippen molar-refractivity contribution in [1.82, 2.24) is 10.0 Å². The molecule has 0 aromatic rings. The standard InChI is InChI=1S/C16H26N2O6Si/c1-15(2,3)25(6,7)24-11-9-16(23-5,14(21)22-4)18-13(20)8-12(19)17(18)10-11/h9H,8,10H2,1-7H3. The molecule has 0 aromatic heterocycles. The number of rotatable bonds is 4. The van der Waals surface area contributed by atoms with Crippen LogP contribution in [0.2, 0.25) is 18.1 Å². The number of hydrogen-bond acceptors (Lipinski definition) is 6. The van der Waals surface area contributed by atoms with Crippen molar-refractivity contribution in [3.8, 4) is 0 Å². The van der Waals surface area contributed by atoms with Gasteiger partial charge in [0.05, 0.1) is 13.7 Å². The van der Waals surface area contributed by atoms with Gasteiger partial charge in [0.25, 0.3) is 17.5 Å². The van der Waals surface area contributed by atoms with Crippen LogP contribution in [0.1, 0.15) is 27.2 Å². The number of fused-ring (bicyclic) bond motifs is 1. The van der Waals surface area contributed by atoms with Gasteiger partial charge in [-0.1, -0.05) is 20.8 Å². The molecule has 0 aliphatic carbocycles. The van der Waals surface area contributed by atoms with Gasteiger partial charge in [0, 0.05) is 13.2 Å². The third-order valence-electron chi connectivity index (χ3n) is 5.03. The van der Waals surface area contributed by atoms with Crippen LogP contribution in [0.25, 0.3) is 0 Å². The fraction of sp³-hybridized carbons (Fsp3) is 0.688. The Kier molecular flexibility index (Phi) is 4.77. The number of ether oxygens (including phenoxy) is 2. The van der Waals surface area contributed by atoms with E-state index in [0.29, 0.717) is 5.76 Å². The molecule has 2 aliphatic heterocycles. The first-order valence-electron chi connectivity index (χ1n) is 8.07. The molecule has 140 valence electrons. The van der Waals surface area contributed by atoms with Crippen molar-refractivity contribution in [2.45, 2.75) is 51.0 Å². The zero-order valence-electron chi connectivity index (χ0n) is 15.8. The maximum absolute atomic E-state index is 12.5. The molecule has 0 bridgehead atoms. The van der Waals surface area contributed by atoms with Crippen LogP contribution in [0.4, 0.5) is 0 Å². The van der Waals surface area contributed by atoms with E-state index in [2.05, 4.69) is 33.9 Å². The summed E-state index contributed by atoms with van der Waals surface area (Å²) >= 11 is 0. The molecule has 1 unspecified atom stereocenters. The number of nitrogens with zero attached hydrogens (tertiary/aromatic N) is 2. The van der Waals surface area contributed by atoms with E-state index in [4.69, 9.17) is 13.9 Å². The second-order valence-corrected chi connectivity index (χ2v) is 12.4. The Morgan fingerprint density at radius 3 is 2.28 bits per heavy atom. The topological polar surface area (TPSA) is 85.4 Å². The Hall–Kier alpha value is -1.87. The summed E-state index contributed by atoms with van der Waals surface area (Å²) in [5.41, 5.74) is -1.84. The van der Waals surface area contributed by atoms with Crippen LogP contribution in [-0.4, -0.2) is 62.6 Å². The lowest BCUT2D eigenvalue weighted by molar-refractivity contribution is -0.216. The largest absolute Gasteiger partial charge is 0.545 e. The molecule has 1 atom stereocenters. The van der Waals surface area contributed by atoms with Crippen molar-refractivity contribution >= 4 is 26.1 Å². The van der Waals surface area contributed by atoms with E-state index in [1.807, 2.05) is 0 Å². The average Bonchev–Trinajstić information content (AvgIpc) is 2.79. The van der Waals surface area contributed by atoms with Gasteiger partial charge in [-0.3, -0.25) is 9.59 Å². The number of hydrogen-bond donors (Lipinski definition) is 0. The Bertz CT molecular complexity index is 639. The van der Waals surface area contributed by atoms with Gasteiger partial charge in [-0.15, -0.1) is 0 Å². The average molecular weight is 370 g/mol. The molecule has 0 saturated carbocycles. The molecule has 1 saturated heterocycles. The van der Waals surface area contributed by atoms with E-state index in [-0.39, 0.29) is 18.0 Å². The Balaban J connectivity index is 2.52. The highest BCUT2D eigenvalue weighted by molar-refractivity contribution is 6.74. The van der Waals surface area contributed by atoms with E-state index in [1.54, 1.807) is 0 Å². The van der Waals surface area contributed by atoms with Crippen LogP contribution >= 0.6 is 0 Å². The van der Waals surface area contributed by atoms with Gasteiger partial charge in [-0.2, -0.15) is 0 Å². The molecule has 0 radical (unpaired) electrons. The minimum absolute atomic E-state index is 0.0726. The summed E-state index contributed by atoms with van der Waals surface area (Å²) in [6.45, 7) is 10.5. The normalized spacial score (nSPS) is 24.2. The van der Waals surface area contributed by atoms with Crippen molar-refractivity contribution in [3.63, 3.8) is 0 Å². The maximum Gasteiger partial charge on any atom is 0.366 e. The van der Waals surface area contributed by atoms with Gasteiger partial charge < -0.3 is 13.9 Å². The monoisotopic (exact) mass is 370 g/mol. The van der Waals surface area contributed by atoms with Crippen molar-refractivity contribution in [3.05, 3.63) is 11.8 Å². The number of methoxy groups -OCH3 is 2. The highest BCUT2D eigenvalue weighted by atomic mass is 28.4. The second-order valence-electron chi connectivity index (χ2n) is 7.70. The van der Waals surface area contributed by atoms with Crippen LogP contribution < -0.4 is 0 Å². The van der Waals surface area contributed by atoms with Gasteiger partial charge in [0.1, 0.15) is 12.2 Å². The molecule has 2 heterocycles. The van der Waals surface area contributed by atoms with E-state index < -0.39 is 31.8 Å². The van der Waals surface area contributed by atoms with Gasteiger partial charge in [-0.05, 0) is 18.1 Å².